The zero-order valence-electron chi connectivity index (χ0n) is 11.2. The van der Waals surface area contributed by atoms with Crippen molar-refractivity contribution in [2.75, 3.05) is 25.9 Å². The molecule has 1 aromatic carbocycles. The molecule has 0 aliphatic carbocycles. The maximum absolute atomic E-state index is 12.3. The Labute approximate surface area is 108 Å². The largest absolute Gasteiger partial charge is 0.495 e. The number of benzene rings is 1. The van der Waals surface area contributed by atoms with Crippen LogP contribution in [-0.2, 0) is 0 Å². The van der Waals surface area contributed by atoms with Gasteiger partial charge in [-0.1, -0.05) is 12.2 Å². The number of ether oxygens (including phenoxy) is 1. The second kappa shape index (κ2) is 6.10. The lowest BCUT2D eigenvalue weighted by Gasteiger charge is -2.21. The number of likely N-dealkylation sites (N-methyl/N-ethyl adjacent to an activating group) is 1. The van der Waals surface area contributed by atoms with Crippen molar-refractivity contribution < 1.29 is 9.53 Å². The molecule has 18 heavy (non-hydrogen) atoms. The van der Waals surface area contributed by atoms with Crippen LogP contribution in [0, 0.1) is 0 Å². The van der Waals surface area contributed by atoms with E-state index < -0.39 is 0 Å². The number of rotatable bonds is 5. The van der Waals surface area contributed by atoms with Gasteiger partial charge in [-0.25, -0.2) is 0 Å². The average Bonchev–Trinajstić information content (AvgIpc) is 2.35. The van der Waals surface area contributed by atoms with Crippen molar-refractivity contribution >= 4 is 11.6 Å². The number of hydrogen-bond donors (Lipinski definition) is 1. The van der Waals surface area contributed by atoms with Crippen LogP contribution < -0.4 is 10.5 Å². The van der Waals surface area contributed by atoms with Crippen LogP contribution in [0.2, 0.25) is 0 Å². The lowest BCUT2D eigenvalue weighted by atomic mass is 10.1. The predicted octanol–water partition coefficient (Wildman–Crippen LogP) is 2.32. The van der Waals surface area contributed by atoms with Gasteiger partial charge in [0, 0.05) is 18.7 Å². The molecule has 1 rings (SSSR count). The number of nitrogen functional groups attached to an aromatic ring is 1. The van der Waals surface area contributed by atoms with E-state index in [4.69, 9.17) is 10.5 Å². The molecule has 0 bridgehead atoms. The van der Waals surface area contributed by atoms with E-state index in [1.807, 2.05) is 13.8 Å². The number of carbonyl (C=O) groups is 1. The SMILES string of the molecule is C=C(C)CN(CC)C(=O)c1ccc(N)c(OC)c1. The molecule has 0 fully saturated rings. The molecule has 0 aliphatic rings. The summed E-state index contributed by atoms with van der Waals surface area (Å²) in [6.45, 7) is 8.87. The van der Waals surface area contributed by atoms with Crippen molar-refractivity contribution in [3.63, 3.8) is 0 Å². The summed E-state index contributed by atoms with van der Waals surface area (Å²) >= 11 is 0. The molecule has 0 saturated carbocycles. The van der Waals surface area contributed by atoms with Crippen LogP contribution in [0.25, 0.3) is 0 Å². The summed E-state index contributed by atoms with van der Waals surface area (Å²) in [5, 5.41) is 0. The molecule has 0 aliphatic heterocycles. The second-order valence-corrected chi connectivity index (χ2v) is 4.23. The fraction of sp³-hybridized carbons (Fsp3) is 0.357. The summed E-state index contributed by atoms with van der Waals surface area (Å²) in [5.74, 6) is 0.478. The first-order valence-electron chi connectivity index (χ1n) is 5.86. The Morgan fingerprint density at radius 3 is 2.67 bits per heavy atom. The topological polar surface area (TPSA) is 55.6 Å². The summed E-state index contributed by atoms with van der Waals surface area (Å²) in [6.07, 6.45) is 0. The van der Waals surface area contributed by atoms with Crippen LogP contribution in [0.1, 0.15) is 24.2 Å². The first-order valence-corrected chi connectivity index (χ1v) is 5.86. The van der Waals surface area contributed by atoms with Crippen molar-refractivity contribution in [3.05, 3.63) is 35.9 Å². The van der Waals surface area contributed by atoms with Crippen LogP contribution in [0.3, 0.4) is 0 Å². The van der Waals surface area contributed by atoms with Gasteiger partial charge in [0.1, 0.15) is 5.75 Å². The maximum atomic E-state index is 12.3. The number of amides is 1. The average molecular weight is 248 g/mol. The zero-order valence-corrected chi connectivity index (χ0v) is 11.2. The standard InChI is InChI=1S/C14H20N2O2/c1-5-16(9-10(2)3)14(17)11-6-7-12(15)13(8-11)18-4/h6-8H,2,5,9,15H2,1,3-4H3. The van der Waals surface area contributed by atoms with Crippen molar-refractivity contribution in [2.45, 2.75) is 13.8 Å². The van der Waals surface area contributed by atoms with E-state index in [0.29, 0.717) is 30.1 Å². The van der Waals surface area contributed by atoms with Gasteiger partial charge < -0.3 is 15.4 Å². The van der Waals surface area contributed by atoms with Gasteiger partial charge in [-0.2, -0.15) is 0 Å². The molecule has 0 radical (unpaired) electrons. The van der Waals surface area contributed by atoms with E-state index in [0.717, 1.165) is 5.57 Å². The summed E-state index contributed by atoms with van der Waals surface area (Å²) in [5.41, 5.74) is 7.78. The highest BCUT2D eigenvalue weighted by Gasteiger charge is 2.15. The third-order valence-corrected chi connectivity index (χ3v) is 2.61. The molecule has 4 nitrogen and oxygen atoms in total. The van der Waals surface area contributed by atoms with E-state index in [1.165, 1.54) is 7.11 Å². The monoisotopic (exact) mass is 248 g/mol. The van der Waals surface area contributed by atoms with Gasteiger partial charge in [0.25, 0.3) is 5.91 Å². The van der Waals surface area contributed by atoms with E-state index in [1.54, 1.807) is 23.1 Å². The van der Waals surface area contributed by atoms with Gasteiger partial charge >= 0.3 is 0 Å². The van der Waals surface area contributed by atoms with Gasteiger partial charge in [0.05, 0.1) is 12.8 Å². The van der Waals surface area contributed by atoms with E-state index in [9.17, 15) is 4.79 Å². The van der Waals surface area contributed by atoms with Crippen molar-refractivity contribution in [2.24, 2.45) is 0 Å². The van der Waals surface area contributed by atoms with Crippen molar-refractivity contribution in [1.29, 1.82) is 0 Å². The summed E-state index contributed by atoms with van der Waals surface area (Å²) < 4.78 is 5.12. The normalized spacial score (nSPS) is 9.94. The number of carbonyl (C=O) groups excluding carboxylic acids is 1. The molecule has 0 spiro atoms. The Morgan fingerprint density at radius 1 is 1.50 bits per heavy atom. The smallest absolute Gasteiger partial charge is 0.254 e. The lowest BCUT2D eigenvalue weighted by molar-refractivity contribution is 0.0778. The Bertz CT molecular complexity index is 455. The van der Waals surface area contributed by atoms with Crippen LogP contribution in [0.4, 0.5) is 5.69 Å². The van der Waals surface area contributed by atoms with Gasteiger partial charge in [0.2, 0.25) is 0 Å². The van der Waals surface area contributed by atoms with E-state index in [-0.39, 0.29) is 5.91 Å². The molecule has 1 amide bonds. The number of methoxy groups -OCH3 is 1. The molecule has 0 unspecified atom stereocenters. The lowest BCUT2D eigenvalue weighted by Crippen LogP contribution is -2.32. The number of hydrogen-bond acceptors (Lipinski definition) is 3. The van der Waals surface area contributed by atoms with E-state index in [2.05, 4.69) is 6.58 Å². The van der Waals surface area contributed by atoms with Crippen LogP contribution >= 0.6 is 0 Å². The van der Waals surface area contributed by atoms with Gasteiger partial charge in [0.15, 0.2) is 0 Å². The number of nitrogens with zero attached hydrogens (tertiary/aromatic N) is 1. The predicted molar refractivity (Wildman–Crippen MR) is 73.8 cm³/mol. The maximum Gasteiger partial charge on any atom is 0.254 e. The Kier molecular flexibility index (Phi) is 4.77. The van der Waals surface area contributed by atoms with Gasteiger partial charge in [-0.15, -0.1) is 0 Å². The van der Waals surface area contributed by atoms with Crippen LogP contribution in [0.15, 0.2) is 30.4 Å². The molecule has 0 atom stereocenters. The Balaban J connectivity index is 2.98. The second-order valence-electron chi connectivity index (χ2n) is 4.23. The van der Waals surface area contributed by atoms with Crippen LogP contribution in [0.5, 0.6) is 5.75 Å². The molecule has 0 saturated heterocycles. The van der Waals surface area contributed by atoms with Crippen molar-refractivity contribution in [3.8, 4) is 5.75 Å². The molecular formula is C14H20N2O2. The molecule has 98 valence electrons. The molecule has 0 heterocycles. The van der Waals surface area contributed by atoms with Crippen molar-refractivity contribution in [1.82, 2.24) is 4.90 Å². The minimum atomic E-state index is -0.0428. The molecule has 0 aromatic heterocycles. The highest BCUT2D eigenvalue weighted by molar-refractivity contribution is 5.95. The zero-order chi connectivity index (χ0) is 13.7. The fourth-order valence-corrected chi connectivity index (χ4v) is 1.68. The first-order chi connectivity index (χ1) is 8.49. The van der Waals surface area contributed by atoms with E-state index >= 15 is 0 Å². The third kappa shape index (κ3) is 3.26. The first kappa shape index (κ1) is 14.1. The quantitative estimate of drug-likeness (QED) is 0.642. The third-order valence-electron chi connectivity index (χ3n) is 2.61. The van der Waals surface area contributed by atoms with Gasteiger partial charge in [-0.05, 0) is 32.0 Å². The highest BCUT2D eigenvalue weighted by atomic mass is 16.5. The highest BCUT2D eigenvalue weighted by Crippen LogP contribution is 2.23. The molecule has 2 N–H and O–H groups in total. The Hall–Kier alpha value is -1.97. The summed E-state index contributed by atoms with van der Waals surface area (Å²) in [7, 11) is 1.53. The number of nitrogens with two attached hydrogens (primary N) is 1. The molecule has 4 heteroatoms. The minimum absolute atomic E-state index is 0.0428. The summed E-state index contributed by atoms with van der Waals surface area (Å²) in [4.78, 5) is 14.0. The Morgan fingerprint density at radius 2 is 2.17 bits per heavy atom. The minimum Gasteiger partial charge on any atom is -0.495 e. The molecule has 1 aromatic rings. The fourth-order valence-electron chi connectivity index (χ4n) is 1.68. The van der Waals surface area contributed by atoms with Crippen LogP contribution in [-0.4, -0.2) is 31.0 Å². The van der Waals surface area contributed by atoms with Gasteiger partial charge in [-0.3, -0.25) is 4.79 Å². The summed E-state index contributed by atoms with van der Waals surface area (Å²) in [6, 6.07) is 5.06. The molecular weight excluding hydrogens is 228 g/mol. The number of anilines is 1.